The van der Waals surface area contributed by atoms with E-state index in [1.165, 1.54) is 32.1 Å². The van der Waals surface area contributed by atoms with Gasteiger partial charge in [0, 0.05) is 0 Å². The van der Waals surface area contributed by atoms with E-state index < -0.39 is 8.80 Å². The average Bonchev–Trinajstić information content (AvgIpc) is 2.15. The van der Waals surface area contributed by atoms with Crippen molar-refractivity contribution in [2.75, 3.05) is 0 Å². The van der Waals surface area contributed by atoms with Crippen LogP contribution in [-0.2, 0) is 0 Å². The van der Waals surface area contributed by atoms with E-state index in [0.717, 1.165) is 6.42 Å². The average molecular weight is 244 g/mol. The standard InChI is InChI=1S/C14H32OSi/c1-7-8-9-10-11-12-14(15,16(5)6)13(2,3)4/h15-16H,7-12H2,1-6H3. The summed E-state index contributed by atoms with van der Waals surface area (Å²) in [6, 6.07) is 0. The molecular weight excluding hydrogens is 212 g/mol. The highest BCUT2D eigenvalue weighted by atomic mass is 28.3. The monoisotopic (exact) mass is 244 g/mol. The van der Waals surface area contributed by atoms with E-state index in [9.17, 15) is 5.11 Å². The molecule has 1 nitrogen and oxygen atoms in total. The van der Waals surface area contributed by atoms with E-state index in [1.807, 2.05) is 0 Å². The number of hydrogen-bond acceptors (Lipinski definition) is 1. The van der Waals surface area contributed by atoms with Gasteiger partial charge in [-0.15, -0.1) is 0 Å². The summed E-state index contributed by atoms with van der Waals surface area (Å²) < 4.78 is 0. The smallest absolute Gasteiger partial charge is 0.0698 e. The lowest BCUT2D eigenvalue weighted by molar-refractivity contribution is 0.00320. The van der Waals surface area contributed by atoms with E-state index in [2.05, 4.69) is 40.8 Å². The molecule has 0 rings (SSSR count). The van der Waals surface area contributed by atoms with Gasteiger partial charge < -0.3 is 5.11 Å². The van der Waals surface area contributed by atoms with Gasteiger partial charge in [0.2, 0.25) is 0 Å². The second-order valence-corrected chi connectivity index (χ2v) is 9.76. The molecule has 0 aliphatic heterocycles. The highest BCUT2D eigenvalue weighted by Gasteiger charge is 2.42. The molecule has 0 aliphatic rings. The van der Waals surface area contributed by atoms with Gasteiger partial charge in [-0.25, -0.2) is 0 Å². The van der Waals surface area contributed by atoms with Crippen LogP contribution in [0.15, 0.2) is 0 Å². The fourth-order valence-electron chi connectivity index (χ4n) is 2.53. The van der Waals surface area contributed by atoms with Crippen molar-refractivity contribution in [2.24, 2.45) is 5.41 Å². The number of aliphatic hydroxyl groups is 1. The van der Waals surface area contributed by atoms with E-state index >= 15 is 0 Å². The van der Waals surface area contributed by atoms with Gasteiger partial charge in [-0.05, 0) is 11.8 Å². The first-order valence-electron chi connectivity index (χ1n) is 6.98. The van der Waals surface area contributed by atoms with Crippen LogP contribution in [-0.4, -0.2) is 19.1 Å². The van der Waals surface area contributed by atoms with Gasteiger partial charge in [-0.1, -0.05) is 72.9 Å². The summed E-state index contributed by atoms with van der Waals surface area (Å²) in [5, 5.41) is 10.5. The fourth-order valence-corrected chi connectivity index (χ4v) is 5.04. The Bertz CT molecular complexity index is 184. The Balaban J connectivity index is 4.16. The Kier molecular flexibility index (Phi) is 6.88. The molecule has 2 heteroatoms. The molecule has 0 aromatic rings. The summed E-state index contributed by atoms with van der Waals surface area (Å²) in [6.07, 6.45) is 7.45. The highest BCUT2D eigenvalue weighted by Crippen LogP contribution is 2.36. The van der Waals surface area contributed by atoms with Crippen LogP contribution in [0, 0.1) is 5.41 Å². The summed E-state index contributed by atoms with van der Waals surface area (Å²) in [5.41, 5.74) is 0.0398. The van der Waals surface area contributed by atoms with Crippen LogP contribution < -0.4 is 0 Å². The third-order valence-corrected chi connectivity index (χ3v) is 6.98. The van der Waals surface area contributed by atoms with E-state index in [-0.39, 0.29) is 10.6 Å². The Labute approximate surface area is 104 Å². The van der Waals surface area contributed by atoms with Gasteiger partial charge in [-0.3, -0.25) is 0 Å². The fraction of sp³-hybridized carbons (Fsp3) is 1.00. The lowest BCUT2D eigenvalue weighted by Crippen LogP contribution is -2.52. The zero-order valence-corrected chi connectivity index (χ0v) is 13.4. The van der Waals surface area contributed by atoms with Gasteiger partial charge in [0.1, 0.15) is 0 Å². The van der Waals surface area contributed by atoms with Gasteiger partial charge in [-0.2, -0.15) is 0 Å². The summed E-state index contributed by atoms with van der Waals surface area (Å²) >= 11 is 0. The van der Waals surface area contributed by atoms with Gasteiger partial charge >= 0.3 is 0 Å². The van der Waals surface area contributed by atoms with Crippen LogP contribution in [0.1, 0.15) is 66.2 Å². The molecule has 1 N–H and O–H groups in total. The van der Waals surface area contributed by atoms with Gasteiger partial charge in [0.25, 0.3) is 0 Å². The van der Waals surface area contributed by atoms with Crippen molar-refractivity contribution in [1.29, 1.82) is 0 Å². The SMILES string of the molecule is CCCCCCCC(O)([SiH](C)C)C(C)(C)C. The molecule has 0 amide bonds. The first kappa shape index (κ1) is 16.2. The van der Waals surface area contributed by atoms with Crippen LogP contribution in [0.5, 0.6) is 0 Å². The van der Waals surface area contributed by atoms with Gasteiger partial charge in [0.15, 0.2) is 0 Å². The molecule has 0 aromatic carbocycles. The predicted octanol–water partition coefficient (Wildman–Crippen LogP) is 4.15. The summed E-state index contributed by atoms with van der Waals surface area (Å²) in [4.78, 5) is 0. The normalized spacial score (nSPS) is 16.5. The lowest BCUT2D eigenvalue weighted by atomic mass is 9.85. The molecular formula is C14H32OSi. The van der Waals surface area contributed by atoms with E-state index in [1.54, 1.807) is 0 Å². The molecule has 0 radical (unpaired) electrons. The van der Waals surface area contributed by atoms with Crippen molar-refractivity contribution in [1.82, 2.24) is 0 Å². The van der Waals surface area contributed by atoms with Crippen molar-refractivity contribution in [3.8, 4) is 0 Å². The largest absolute Gasteiger partial charge is 0.393 e. The molecule has 0 aliphatic carbocycles. The van der Waals surface area contributed by atoms with Crippen molar-refractivity contribution in [3.63, 3.8) is 0 Å². The predicted molar refractivity (Wildman–Crippen MR) is 76.7 cm³/mol. The number of hydrogen-bond donors (Lipinski definition) is 1. The van der Waals surface area contributed by atoms with E-state index in [0.29, 0.717) is 0 Å². The third-order valence-electron chi connectivity index (χ3n) is 3.92. The van der Waals surface area contributed by atoms with Crippen LogP contribution >= 0.6 is 0 Å². The van der Waals surface area contributed by atoms with Crippen LogP contribution in [0.3, 0.4) is 0 Å². The van der Waals surface area contributed by atoms with Crippen molar-refractivity contribution < 1.29 is 5.11 Å². The molecule has 0 bridgehead atoms. The summed E-state index contributed by atoms with van der Waals surface area (Å²) in [6.45, 7) is 13.4. The quantitative estimate of drug-likeness (QED) is 0.527. The zero-order valence-electron chi connectivity index (χ0n) is 12.3. The second-order valence-electron chi connectivity index (χ2n) is 6.49. The topological polar surface area (TPSA) is 20.2 Å². The lowest BCUT2D eigenvalue weighted by Gasteiger charge is -2.43. The van der Waals surface area contributed by atoms with Crippen molar-refractivity contribution in [3.05, 3.63) is 0 Å². The molecule has 0 spiro atoms. The maximum Gasteiger partial charge on any atom is 0.0698 e. The van der Waals surface area contributed by atoms with Crippen molar-refractivity contribution >= 4 is 8.80 Å². The highest BCUT2D eigenvalue weighted by molar-refractivity contribution is 6.59. The Morgan fingerprint density at radius 3 is 1.81 bits per heavy atom. The molecule has 1 unspecified atom stereocenters. The maximum atomic E-state index is 10.8. The minimum atomic E-state index is -1.03. The Morgan fingerprint density at radius 1 is 0.938 bits per heavy atom. The molecule has 0 aromatic heterocycles. The number of unbranched alkanes of at least 4 members (excludes halogenated alkanes) is 4. The van der Waals surface area contributed by atoms with Gasteiger partial charge in [0.05, 0.1) is 14.0 Å². The molecule has 98 valence electrons. The van der Waals surface area contributed by atoms with Crippen LogP contribution in [0.4, 0.5) is 0 Å². The molecule has 0 saturated carbocycles. The number of rotatable bonds is 7. The Hall–Kier alpha value is 0.177. The first-order valence-corrected chi connectivity index (χ1v) is 9.86. The minimum Gasteiger partial charge on any atom is -0.393 e. The van der Waals surface area contributed by atoms with E-state index in [4.69, 9.17) is 0 Å². The van der Waals surface area contributed by atoms with Crippen LogP contribution in [0.2, 0.25) is 13.1 Å². The molecule has 0 fully saturated rings. The first-order chi connectivity index (χ1) is 7.25. The van der Waals surface area contributed by atoms with Crippen molar-refractivity contribution in [2.45, 2.75) is 84.5 Å². The molecule has 16 heavy (non-hydrogen) atoms. The molecule has 1 atom stereocenters. The minimum absolute atomic E-state index is 0.0398. The molecule has 0 saturated heterocycles. The summed E-state index contributed by atoms with van der Waals surface area (Å²) in [7, 11) is -1.03. The summed E-state index contributed by atoms with van der Waals surface area (Å²) in [5.74, 6) is 0. The van der Waals surface area contributed by atoms with Crippen LogP contribution in [0.25, 0.3) is 0 Å². The second kappa shape index (κ2) is 6.80. The molecule has 0 heterocycles. The third kappa shape index (κ3) is 4.58. The Morgan fingerprint density at radius 2 is 1.44 bits per heavy atom. The maximum absolute atomic E-state index is 10.8. The zero-order chi connectivity index (χ0) is 12.8.